The minimum atomic E-state index is -0.702. The highest BCUT2D eigenvalue weighted by atomic mass is 16.6. The average Bonchev–Trinajstić information content (AvgIpc) is 2.35. The normalized spacial score (nSPS) is 12.3. The second kappa shape index (κ2) is 5.08. The zero-order valence-corrected chi connectivity index (χ0v) is 10.00. The van der Waals surface area contributed by atoms with Gasteiger partial charge < -0.3 is 10.2 Å². The molecule has 0 fully saturated rings. The minimum Gasteiger partial charge on any atom is -0.507 e. The van der Waals surface area contributed by atoms with Gasteiger partial charge in [0.2, 0.25) is 0 Å². The number of aromatic hydroxyl groups is 2. The van der Waals surface area contributed by atoms with E-state index in [1.807, 2.05) is 31.2 Å². The molecule has 0 saturated carbocycles. The maximum absolute atomic E-state index is 9.81. The number of phenolic OH excluding ortho intramolecular Hbond substituents is 2. The molecule has 0 bridgehead atoms. The van der Waals surface area contributed by atoms with E-state index < -0.39 is 6.10 Å². The monoisotopic (exact) mass is 245 g/mol. The topological polar surface area (TPSA) is 75.7 Å². The van der Waals surface area contributed by atoms with E-state index in [0.29, 0.717) is 0 Å². The molecule has 0 spiro atoms. The molecule has 4 heteroatoms. The molecule has 0 aliphatic rings. The average molecular weight is 245 g/mol. The van der Waals surface area contributed by atoms with Crippen molar-refractivity contribution in [3.63, 3.8) is 0 Å². The van der Waals surface area contributed by atoms with Gasteiger partial charge in [-0.2, -0.15) is 0 Å². The van der Waals surface area contributed by atoms with Crippen LogP contribution in [-0.2, 0) is 4.84 Å². The van der Waals surface area contributed by atoms with Crippen molar-refractivity contribution in [2.45, 2.75) is 13.0 Å². The Morgan fingerprint density at radius 2 is 1.56 bits per heavy atom. The molecule has 2 aromatic carbocycles. The second-order valence-electron chi connectivity index (χ2n) is 4.14. The van der Waals surface area contributed by atoms with Crippen molar-refractivity contribution in [2.24, 2.45) is 5.90 Å². The number of phenols is 2. The molecule has 0 saturated heterocycles. The summed E-state index contributed by atoms with van der Waals surface area (Å²) in [4.78, 5) is 4.90. The van der Waals surface area contributed by atoms with Crippen molar-refractivity contribution < 1.29 is 15.1 Å². The molecule has 4 nitrogen and oxygen atoms in total. The van der Waals surface area contributed by atoms with Crippen molar-refractivity contribution in [3.8, 4) is 11.5 Å². The molecule has 0 aromatic heterocycles. The Balaban J connectivity index is 2.48. The highest BCUT2D eigenvalue weighted by Gasteiger charge is 2.21. The van der Waals surface area contributed by atoms with E-state index in [0.717, 1.165) is 11.1 Å². The smallest absolute Gasteiger partial charge is 0.136 e. The lowest BCUT2D eigenvalue weighted by Gasteiger charge is -2.18. The van der Waals surface area contributed by atoms with Crippen LogP contribution in [0.25, 0.3) is 0 Å². The summed E-state index contributed by atoms with van der Waals surface area (Å²) in [5, 5.41) is 19.6. The summed E-state index contributed by atoms with van der Waals surface area (Å²) in [7, 11) is 0. The van der Waals surface area contributed by atoms with Crippen LogP contribution in [0, 0.1) is 6.92 Å². The van der Waals surface area contributed by atoms with Crippen LogP contribution in [-0.4, -0.2) is 10.2 Å². The van der Waals surface area contributed by atoms with E-state index in [2.05, 4.69) is 0 Å². The van der Waals surface area contributed by atoms with Crippen LogP contribution in [0.5, 0.6) is 11.5 Å². The number of aryl methyl sites for hydroxylation is 1. The molecule has 0 aliphatic carbocycles. The Morgan fingerprint density at radius 3 is 2.06 bits per heavy atom. The van der Waals surface area contributed by atoms with Crippen LogP contribution in [0.1, 0.15) is 22.8 Å². The number of rotatable bonds is 3. The number of hydrogen-bond acceptors (Lipinski definition) is 4. The highest BCUT2D eigenvalue weighted by Crippen LogP contribution is 2.37. The third kappa shape index (κ3) is 2.30. The van der Waals surface area contributed by atoms with Crippen LogP contribution in [0.3, 0.4) is 0 Å². The summed E-state index contributed by atoms with van der Waals surface area (Å²) >= 11 is 0. The molecule has 1 atom stereocenters. The molecule has 2 aromatic rings. The Bertz CT molecular complexity index is 517. The predicted molar refractivity (Wildman–Crippen MR) is 68.1 cm³/mol. The van der Waals surface area contributed by atoms with Gasteiger partial charge in [-0.3, -0.25) is 4.84 Å². The van der Waals surface area contributed by atoms with Crippen LogP contribution in [0.2, 0.25) is 0 Å². The second-order valence-corrected chi connectivity index (χ2v) is 4.14. The van der Waals surface area contributed by atoms with Crippen molar-refractivity contribution >= 4 is 0 Å². The first-order valence-corrected chi connectivity index (χ1v) is 5.56. The van der Waals surface area contributed by atoms with Gasteiger partial charge in [-0.05, 0) is 24.6 Å². The van der Waals surface area contributed by atoms with Gasteiger partial charge in [0.05, 0.1) is 5.56 Å². The summed E-state index contributed by atoms with van der Waals surface area (Å²) in [6, 6.07) is 12.0. The van der Waals surface area contributed by atoms with E-state index in [1.54, 1.807) is 6.07 Å². The SMILES string of the molecule is Cc1ccc(C(ON)c2c(O)cccc2O)cc1. The third-order valence-electron chi connectivity index (χ3n) is 2.84. The molecule has 0 heterocycles. The lowest BCUT2D eigenvalue weighted by molar-refractivity contribution is 0.0777. The van der Waals surface area contributed by atoms with Crippen molar-refractivity contribution in [1.82, 2.24) is 0 Å². The summed E-state index contributed by atoms with van der Waals surface area (Å²) in [6.07, 6.45) is -0.702. The minimum absolute atomic E-state index is 0.0500. The van der Waals surface area contributed by atoms with Gasteiger partial charge in [0.25, 0.3) is 0 Å². The standard InChI is InChI=1S/C14H15NO3/c1-9-5-7-10(8-6-9)14(18-15)13-11(16)3-2-4-12(13)17/h2-8,14,16-17H,15H2,1H3. The van der Waals surface area contributed by atoms with Gasteiger partial charge in [-0.25, -0.2) is 5.90 Å². The first-order valence-electron chi connectivity index (χ1n) is 5.56. The lowest BCUT2D eigenvalue weighted by atomic mass is 9.99. The van der Waals surface area contributed by atoms with Gasteiger partial charge in [0.1, 0.15) is 17.6 Å². The lowest BCUT2D eigenvalue weighted by Crippen LogP contribution is -2.11. The van der Waals surface area contributed by atoms with Crippen LogP contribution < -0.4 is 5.90 Å². The van der Waals surface area contributed by atoms with Gasteiger partial charge >= 0.3 is 0 Å². The van der Waals surface area contributed by atoms with Gasteiger partial charge in [0, 0.05) is 0 Å². The van der Waals surface area contributed by atoms with Gasteiger partial charge in [-0.15, -0.1) is 0 Å². The van der Waals surface area contributed by atoms with Gasteiger partial charge in [-0.1, -0.05) is 35.9 Å². The predicted octanol–water partition coefficient (Wildman–Crippen LogP) is 2.39. The van der Waals surface area contributed by atoms with E-state index in [9.17, 15) is 10.2 Å². The van der Waals surface area contributed by atoms with Crippen LogP contribution in [0.15, 0.2) is 42.5 Å². The summed E-state index contributed by atoms with van der Waals surface area (Å²) in [6.45, 7) is 1.97. The zero-order chi connectivity index (χ0) is 13.1. The maximum Gasteiger partial charge on any atom is 0.136 e. The molecule has 4 N–H and O–H groups in total. The largest absolute Gasteiger partial charge is 0.507 e. The number of hydrogen-bond donors (Lipinski definition) is 3. The number of benzene rings is 2. The zero-order valence-electron chi connectivity index (χ0n) is 10.00. The van der Waals surface area contributed by atoms with Crippen LogP contribution in [0.4, 0.5) is 0 Å². The maximum atomic E-state index is 9.81. The van der Waals surface area contributed by atoms with E-state index in [1.165, 1.54) is 12.1 Å². The highest BCUT2D eigenvalue weighted by molar-refractivity contribution is 5.48. The Hall–Kier alpha value is -2.04. The molecule has 0 aliphatic heterocycles. The summed E-state index contributed by atoms with van der Waals surface area (Å²) in [5.41, 5.74) is 2.14. The third-order valence-corrected chi connectivity index (χ3v) is 2.84. The molecule has 2 rings (SSSR count). The van der Waals surface area contributed by atoms with Gasteiger partial charge in [0.15, 0.2) is 0 Å². The fourth-order valence-electron chi connectivity index (χ4n) is 1.86. The Labute approximate surface area is 105 Å². The van der Waals surface area contributed by atoms with E-state index in [-0.39, 0.29) is 17.1 Å². The van der Waals surface area contributed by atoms with E-state index >= 15 is 0 Å². The molecular weight excluding hydrogens is 230 g/mol. The Kier molecular flexibility index (Phi) is 3.50. The molecule has 18 heavy (non-hydrogen) atoms. The fourth-order valence-corrected chi connectivity index (χ4v) is 1.86. The quantitative estimate of drug-likeness (QED) is 0.726. The van der Waals surface area contributed by atoms with Crippen molar-refractivity contribution in [3.05, 3.63) is 59.2 Å². The summed E-state index contributed by atoms with van der Waals surface area (Å²) < 4.78 is 0. The first-order chi connectivity index (χ1) is 8.63. The molecule has 0 radical (unpaired) electrons. The molecule has 0 amide bonds. The first kappa shape index (κ1) is 12.4. The van der Waals surface area contributed by atoms with Crippen molar-refractivity contribution in [1.29, 1.82) is 0 Å². The Morgan fingerprint density at radius 1 is 1.00 bits per heavy atom. The number of nitrogens with two attached hydrogens (primary N) is 1. The fraction of sp³-hybridized carbons (Fsp3) is 0.143. The molecule has 1 unspecified atom stereocenters. The molecule has 94 valence electrons. The molecular formula is C14H15NO3. The van der Waals surface area contributed by atoms with E-state index in [4.69, 9.17) is 10.7 Å². The van der Waals surface area contributed by atoms with Crippen LogP contribution >= 0.6 is 0 Å². The summed E-state index contributed by atoms with van der Waals surface area (Å²) in [5.74, 6) is 5.19. The van der Waals surface area contributed by atoms with Crippen molar-refractivity contribution in [2.75, 3.05) is 0 Å².